The third-order valence-corrected chi connectivity index (χ3v) is 10.5. The Morgan fingerprint density at radius 3 is 1.23 bits per heavy atom. The van der Waals surface area contributed by atoms with Crippen molar-refractivity contribution in [1.29, 1.82) is 0 Å². The Kier molecular flexibility index (Phi) is 26.7. The van der Waals surface area contributed by atoms with Crippen LogP contribution in [-0.4, -0.2) is 44.3 Å². The highest BCUT2D eigenvalue weighted by Crippen LogP contribution is 2.29. The molecule has 0 N–H and O–H groups in total. The summed E-state index contributed by atoms with van der Waals surface area (Å²) < 4.78 is 33.9. The molecule has 3 rings (SSSR count). The topological polar surface area (TPSA) is 107 Å². The van der Waals surface area contributed by atoms with Crippen LogP contribution in [0.4, 0.5) is 0 Å². The van der Waals surface area contributed by atoms with Crippen LogP contribution in [0.25, 0.3) is 5.76 Å². The lowest BCUT2D eigenvalue weighted by molar-refractivity contribution is -0.138. The van der Waals surface area contributed by atoms with E-state index in [1.807, 2.05) is 62.4 Å². The van der Waals surface area contributed by atoms with Crippen LogP contribution in [-0.2, 0) is 19.1 Å². The van der Waals surface area contributed by atoms with Crippen molar-refractivity contribution in [2.75, 3.05) is 26.4 Å². The van der Waals surface area contributed by atoms with Gasteiger partial charge in [0, 0.05) is 17.7 Å². The number of carbonyl (C=O) groups is 3. The van der Waals surface area contributed by atoms with Gasteiger partial charge in [-0.05, 0) is 118 Å². The zero-order valence-electron chi connectivity index (χ0n) is 37.6. The van der Waals surface area contributed by atoms with Crippen LogP contribution in [0, 0.1) is 6.92 Å². The first-order valence-electron chi connectivity index (χ1n) is 23.0. The second-order valence-electron chi connectivity index (χ2n) is 15.6. The molecule has 0 fully saturated rings. The van der Waals surface area contributed by atoms with Gasteiger partial charge < -0.3 is 28.4 Å². The molecular formula is C53H72O9. The van der Waals surface area contributed by atoms with E-state index in [2.05, 4.69) is 13.2 Å². The quantitative estimate of drug-likeness (QED) is 0.0188. The first-order valence-corrected chi connectivity index (χ1v) is 23.0. The SMILES string of the molecule is C=CC(=O)OCCCCCCCCCCCCOc1ccc(C(=O)Oc2ccc(OC(=CC)c3ccc(OCCCCCCCCCCCCOC(=O)C=C)cc3)cc2C)cc1. The van der Waals surface area contributed by atoms with E-state index >= 15 is 0 Å². The smallest absolute Gasteiger partial charge is 0.343 e. The van der Waals surface area contributed by atoms with Gasteiger partial charge >= 0.3 is 17.9 Å². The Hall–Kier alpha value is -5.31. The molecule has 338 valence electrons. The number of carbonyl (C=O) groups excluding carboxylic acids is 3. The number of unbranched alkanes of at least 4 members (excludes halogenated alkanes) is 18. The van der Waals surface area contributed by atoms with E-state index in [9.17, 15) is 14.4 Å². The van der Waals surface area contributed by atoms with Gasteiger partial charge in [0.2, 0.25) is 0 Å². The Morgan fingerprint density at radius 1 is 0.468 bits per heavy atom. The third-order valence-electron chi connectivity index (χ3n) is 10.5. The maximum atomic E-state index is 13.0. The number of hydrogen-bond acceptors (Lipinski definition) is 9. The number of hydrogen-bond donors (Lipinski definition) is 0. The number of esters is 3. The summed E-state index contributed by atoms with van der Waals surface area (Å²) in [5, 5.41) is 0. The molecule has 9 nitrogen and oxygen atoms in total. The Bertz CT molecular complexity index is 1760. The number of ether oxygens (including phenoxy) is 6. The van der Waals surface area contributed by atoms with Crippen LogP contribution in [0.3, 0.4) is 0 Å². The number of aryl methyl sites for hydroxylation is 1. The van der Waals surface area contributed by atoms with Gasteiger partial charge in [-0.25, -0.2) is 14.4 Å². The second kappa shape index (κ2) is 32.4. The first-order chi connectivity index (χ1) is 30.3. The Labute approximate surface area is 371 Å². The predicted molar refractivity (Wildman–Crippen MR) is 249 cm³/mol. The minimum atomic E-state index is -0.430. The Morgan fingerprint density at radius 2 is 0.839 bits per heavy atom. The fourth-order valence-corrected chi connectivity index (χ4v) is 6.85. The van der Waals surface area contributed by atoms with Gasteiger partial charge in [-0.15, -0.1) is 0 Å². The number of rotatable bonds is 35. The first kappa shape index (κ1) is 51.0. The molecule has 3 aromatic rings. The molecule has 0 aromatic heterocycles. The van der Waals surface area contributed by atoms with Crippen molar-refractivity contribution in [3.8, 4) is 23.0 Å². The number of benzene rings is 3. The van der Waals surface area contributed by atoms with E-state index in [1.165, 1.54) is 89.2 Å². The summed E-state index contributed by atoms with van der Waals surface area (Å²) in [6.07, 6.45) is 27.4. The zero-order chi connectivity index (χ0) is 44.5. The monoisotopic (exact) mass is 853 g/mol. The molecule has 0 radical (unpaired) electrons. The highest BCUT2D eigenvalue weighted by molar-refractivity contribution is 5.91. The molecule has 0 spiro atoms. The zero-order valence-corrected chi connectivity index (χ0v) is 37.6. The summed E-state index contributed by atoms with van der Waals surface area (Å²) in [6.45, 7) is 13.0. The van der Waals surface area contributed by atoms with Crippen molar-refractivity contribution in [3.63, 3.8) is 0 Å². The molecule has 0 aliphatic carbocycles. The van der Waals surface area contributed by atoms with Gasteiger partial charge in [-0.2, -0.15) is 0 Å². The normalized spacial score (nSPS) is 11.1. The van der Waals surface area contributed by atoms with Crippen molar-refractivity contribution in [2.24, 2.45) is 0 Å². The predicted octanol–water partition coefficient (Wildman–Crippen LogP) is 13.7. The van der Waals surface area contributed by atoms with Crippen molar-refractivity contribution in [3.05, 3.63) is 115 Å². The van der Waals surface area contributed by atoms with Gasteiger partial charge in [0.1, 0.15) is 28.8 Å². The van der Waals surface area contributed by atoms with Gasteiger partial charge in [0.15, 0.2) is 0 Å². The molecule has 0 unspecified atom stereocenters. The molecule has 0 aliphatic heterocycles. The van der Waals surface area contributed by atoms with Crippen LogP contribution < -0.4 is 18.9 Å². The highest BCUT2D eigenvalue weighted by atomic mass is 16.5. The third kappa shape index (κ3) is 22.5. The molecule has 3 aromatic carbocycles. The van der Waals surface area contributed by atoms with Gasteiger partial charge in [0.25, 0.3) is 0 Å². The van der Waals surface area contributed by atoms with E-state index < -0.39 is 5.97 Å². The van der Waals surface area contributed by atoms with E-state index in [0.29, 0.717) is 43.5 Å². The standard InChI is InChI=1S/C53H72O9/c1-5-49(44-28-32-46(33-29-44)57-38-24-20-16-12-8-10-14-18-22-26-40-59-51(54)6-2)61-48-36-37-50(43(4)42-48)62-53(56)45-30-34-47(35-31-45)58-39-25-21-17-13-9-11-15-19-23-27-41-60-52(55)7-3/h5-7,28-37,42H,2-3,8-27,38-41H2,1,4H3. The van der Waals surface area contributed by atoms with Crippen LogP contribution >= 0.6 is 0 Å². The van der Waals surface area contributed by atoms with Crippen molar-refractivity contribution in [2.45, 2.75) is 142 Å². The molecular weight excluding hydrogens is 781 g/mol. The average molecular weight is 853 g/mol. The van der Waals surface area contributed by atoms with Gasteiger partial charge in [-0.3, -0.25) is 0 Å². The number of allylic oxidation sites excluding steroid dienone is 1. The van der Waals surface area contributed by atoms with Crippen molar-refractivity contribution < 1.29 is 42.8 Å². The lowest BCUT2D eigenvalue weighted by Crippen LogP contribution is -2.09. The summed E-state index contributed by atoms with van der Waals surface area (Å²) in [6, 6.07) is 20.5. The minimum absolute atomic E-state index is 0.338. The summed E-state index contributed by atoms with van der Waals surface area (Å²) >= 11 is 0. The van der Waals surface area contributed by atoms with Gasteiger partial charge in [-0.1, -0.05) is 116 Å². The fourth-order valence-electron chi connectivity index (χ4n) is 6.85. The summed E-state index contributed by atoms with van der Waals surface area (Å²) in [5.41, 5.74) is 2.18. The summed E-state index contributed by atoms with van der Waals surface area (Å²) in [4.78, 5) is 35.0. The van der Waals surface area contributed by atoms with Crippen molar-refractivity contribution in [1.82, 2.24) is 0 Å². The molecule has 0 saturated heterocycles. The fraction of sp³-hybridized carbons (Fsp3) is 0.491. The maximum Gasteiger partial charge on any atom is 0.343 e. The minimum Gasteiger partial charge on any atom is -0.494 e. The second-order valence-corrected chi connectivity index (χ2v) is 15.6. The van der Waals surface area contributed by atoms with E-state index in [1.54, 1.807) is 24.3 Å². The molecule has 0 bridgehead atoms. The van der Waals surface area contributed by atoms with Crippen LogP contribution in [0.5, 0.6) is 23.0 Å². The maximum absolute atomic E-state index is 13.0. The molecule has 0 heterocycles. The summed E-state index contributed by atoms with van der Waals surface area (Å²) in [5.74, 6) is 2.31. The van der Waals surface area contributed by atoms with E-state index in [-0.39, 0.29) is 11.9 Å². The molecule has 0 aliphatic rings. The molecule has 0 atom stereocenters. The highest BCUT2D eigenvalue weighted by Gasteiger charge is 2.13. The molecule has 9 heteroatoms. The molecule has 0 saturated carbocycles. The van der Waals surface area contributed by atoms with E-state index in [4.69, 9.17) is 28.4 Å². The lowest BCUT2D eigenvalue weighted by Gasteiger charge is -2.14. The molecule has 62 heavy (non-hydrogen) atoms. The van der Waals surface area contributed by atoms with Crippen LogP contribution in [0.15, 0.2) is 98.1 Å². The van der Waals surface area contributed by atoms with Crippen LogP contribution in [0.1, 0.15) is 157 Å². The van der Waals surface area contributed by atoms with Crippen LogP contribution in [0.2, 0.25) is 0 Å². The van der Waals surface area contributed by atoms with Gasteiger partial charge in [0.05, 0.1) is 32.0 Å². The average Bonchev–Trinajstić information content (AvgIpc) is 3.29. The lowest BCUT2D eigenvalue weighted by atomic mass is 10.1. The van der Waals surface area contributed by atoms with E-state index in [0.717, 1.165) is 79.8 Å². The largest absolute Gasteiger partial charge is 0.494 e. The molecule has 0 amide bonds. The van der Waals surface area contributed by atoms with Crippen molar-refractivity contribution >= 4 is 23.7 Å². The summed E-state index contributed by atoms with van der Waals surface area (Å²) in [7, 11) is 0. The Balaban J connectivity index is 1.25.